The number of hydrogen-bond acceptors (Lipinski definition) is 7. The maximum atomic E-state index is 11.9. The highest BCUT2D eigenvalue weighted by atomic mass is 16.5. The summed E-state index contributed by atoms with van der Waals surface area (Å²) >= 11 is 0. The van der Waals surface area contributed by atoms with Crippen molar-refractivity contribution in [3.05, 3.63) is 59.7 Å². The summed E-state index contributed by atoms with van der Waals surface area (Å²) < 4.78 is 10.1. The van der Waals surface area contributed by atoms with Gasteiger partial charge in [-0.3, -0.25) is 19.2 Å². The molecule has 2 unspecified atom stereocenters. The molecule has 0 radical (unpaired) electrons. The van der Waals surface area contributed by atoms with Crippen LogP contribution in [0.2, 0.25) is 0 Å². The summed E-state index contributed by atoms with van der Waals surface area (Å²) in [5, 5.41) is 25.2. The van der Waals surface area contributed by atoms with Crippen molar-refractivity contribution in [2.45, 2.75) is 45.7 Å². The number of rotatable bonds is 9. The summed E-state index contributed by atoms with van der Waals surface area (Å²) in [5.74, 6) is -2.91. The normalized spacial score (nSPS) is 16.4. The molecule has 0 spiro atoms. The predicted octanol–water partition coefficient (Wildman–Crippen LogP) is 3.59. The molecule has 39 heavy (non-hydrogen) atoms. The lowest BCUT2D eigenvalue weighted by atomic mass is 10.1. The van der Waals surface area contributed by atoms with Crippen LogP contribution in [0.1, 0.15) is 56.8 Å². The van der Waals surface area contributed by atoms with Crippen molar-refractivity contribution >= 4 is 23.8 Å². The SMILES string of the molecule is CC(CC(=O)O)C(=O)O.COc1ccc([C@@H](C)N)cc1.COc1ccc([C@@H](C)N2CC(C(=O)O)CC2=O)cc1. The molecule has 0 aliphatic carbocycles. The number of hydrogen-bond donors (Lipinski definition) is 4. The molecule has 214 valence electrons. The first kappa shape index (κ1) is 32.9. The molecule has 3 rings (SSSR count). The third kappa shape index (κ3) is 11.0. The molecule has 5 N–H and O–H groups in total. The average Bonchev–Trinajstić information content (AvgIpc) is 3.30. The highest BCUT2D eigenvalue weighted by molar-refractivity contribution is 5.86. The van der Waals surface area contributed by atoms with E-state index in [-0.39, 0.29) is 37.4 Å². The molecular formula is C28H38N2O9. The Morgan fingerprint density at radius 2 is 1.36 bits per heavy atom. The number of aliphatic carboxylic acids is 3. The number of carboxylic acid groups (broad SMARTS) is 3. The minimum absolute atomic E-state index is 0.0931. The standard InChI is InChI=1S/C14H17NO4.C9H13NO.C5H8O4/c1-9(10-3-5-12(19-2)6-4-10)15-8-11(14(17)18)7-13(15)16;1-7(10)8-3-5-9(11-2)6-4-8;1-3(5(8)9)2-4(6)7/h3-6,9,11H,7-8H2,1-2H3,(H,17,18);3-7H,10H2,1-2H3;3H,2H2,1H3,(H,6,7)(H,8,9)/t9-,11?;7-;/m11./s1. The van der Waals surface area contributed by atoms with Crippen LogP contribution in [-0.4, -0.2) is 64.8 Å². The van der Waals surface area contributed by atoms with E-state index < -0.39 is 29.7 Å². The summed E-state index contributed by atoms with van der Waals surface area (Å²) in [7, 11) is 3.25. The first-order valence-corrected chi connectivity index (χ1v) is 12.3. The number of methoxy groups -OCH3 is 2. The van der Waals surface area contributed by atoms with E-state index in [1.807, 2.05) is 62.4 Å². The third-order valence-electron chi connectivity index (χ3n) is 6.12. The molecule has 1 aliphatic rings. The van der Waals surface area contributed by atoms with E-state index in [4.69, 9.17) is 30.5 Å². The van der Waals surface area contributed by atoms with Gasteiger partial charge in [-0.1, -0.05) is 31.2 Å². The summed E-state index contributed by atoms with van der Waals surface area (Å²) in [6.07, 6.45) is -0.217. The van der Waals surface area contributed by atoms with Crippen LogP contribution < -0.4 is 15.2 Å². The number of nitrogens with two attached hydrogens (primary N) is 1. The molecule has 0 bridgehead atoms. The Bertz CT molecular complexity index is 1090. The van der Waals surface area contributed by atoms with E-state index in [1.165, 1.54) is 6.92 Å². The molecule has 1 fully saturated rings. The van der Waals surface area contributed by atoms with Crippen molar-refractivity contribution in [2.24, 2.45) is 17.6 Å². The fourth-order valence-electron chi connectivity index (χ4n) is 3.59. The van der Waals surface area contributed by atoms with E-state index in [9.17, 15) is 19.2 Å². The number of nitrogens with zero attached hydrogens (tertiary/aromatic N) is 1. The Kier molecular flexibility index (Phi) is 13.5. The van der Waals surface area contributed by atoms with E-state index >= 15 is 0 Å². The number of benzene rings is 2. The van der Waals surface area contributed by atoms with Gasteiger partial charge in [0, 0.05) is 19.0 Å². The molecule has 1 aliphatic heterocycles. The maximum Gasteiger partial charge on any atom is 0.308 e. The zero-order valence-corrected chi connectivity index (χ0v) is 22.9. The lowest BCUT2D eigenvalue weighted by molar-refractivity contribution is -0.147. The Hall–Kier alpha value is -4.12. The third-order valence-corrected chi connectivity index (χ3v) is 6.12. The molecule has 0 saturated carbocycles. The van der Waals surface area contributed by atoms with E-state index in [0.29, 0.717) is 0 Å². The van der Waals surface area contributed by atoms with Gasteiger partial charge in [-0.15, -0.1) is 0 Å². The fourth-order valence-corrected chi connectivity index (χ4v) is 3.59. The van der Waals surface area contributed by atoms with Gasteiger partial charge in [0.25, 0.3) is 0 Å². The van der Waals surface area contributed by atoms with Gasteiger partial charge in [-0.2, -0.15) is 0 Å². The highest BCUT2D eigenvalue weighted by Crippen LogP contribution is 2.29. The molecule has 4 atom stereocenters. The van der Waals surface area contributed by atoms with Crippen LogP contribution in [0, 0.1) is 11.8 Å². The van der Waals surface area contributed by atoms with Crippen molar-refractivity contribution in [3.8, 4) is 11.5 Å². The predicted molar refractivity (Wildman–Crippen MR) is 144 cm³/mol. The van der Waals surface area contributed by atoms with Gasteiger partial charge in [0.15, 0.2) is 0 Å². The minimum atomic E-state index is -1.08. The quantitative estimate of drug-likeness (QED) is 0.363. The molecule has 2 aromatic rings. The number of carbonyl (C=O) groups is 4. The van der Waals surface area contributed by atoms with Crippen LogP contribution in [0.5, 0.6) is 11.5 Å². The molecule has 11 nitrogen and oxygen atoms in total. The number of amides is 1. The van der Waals surface area contributed by atoms with Crippen molar-refractivity contribution in [2.75, 3.05) is 20.8 Å². The molecular weight excluding hydrogens is 508 g/mol. The number of ether oxygens (including phenoxy) is 2. The highest BCUT2D eigenvalue weighted by Gasteiger charge is 2.36. The molecule has 11 heteroatoms. The first-order chi connectivity index (χ1) is 18.3. The van der Waals surface area contributed by atoms with Crippen LogP contribution in [0.4, 0.5) is 0 Å². The number of likely N-dealkylation sites (tertiary alicyclic amines) is 1. The topological polar surface area (TPSA) is 177 Å². The van der Waals surface area contributed by atoms with Gasteiger partial charge in [-0.25, -0.2) is 0 Å². The second-order valence-electron chi connectivity index (χ2n) is 9.13. The van der Waals surface area contributed by atoms with E-state index in [1.54, 1.807) is 19.1 Å². The minimum Gasteiger partial charge on any atom is -0.497 e. The van der Waals surface area contributed by atoms with Gasteiger partial charge in [-0.05, 0) is 49.2 Å². The lowest BCUT2D eigenvalue weighted by Gasteiger charge is -2.25. The zero-order valence-electron chi connectivity index (χ0n) is 22.9. The van der Waals surface area contributed by atoms with E-state index in [2.05, 4.69) is 0 Å². The maximum absolute atomic E-state index is 11.9. The monoisotopic (exact) mass is 546 g/mol. The van der Waals surface area contributed by atoms with Crippen molar-refractivity contribution < 1.29 is 44.0 Å². The molecule has 0 aromatic heterocycles. The Morgan fingerprint density at radius 1 is 0.897 bits per heavy atom. The second-order valence-corrected chi connectivity index (χ2v) is 9.13. The number of carboxylic acids is 3. The van der Waals surface area contributed by atoms with Crippen LogP contribution in [0.25, 0.3) is 0 Å². The van der Waals surface area contributed by atoms with Crippen LogP contribution in [0.15, 0.2) is 48.5 Å². The van der Waals surface area contributed by atoms with E-state index in [0.717, 1.165) is 22.6 Å². The largest absolute Gasteiger partial charge is 0.497 e. The fraction of sp³-hybridized carbons (Fsp3) is 0.429. The summed E-state index contributed by atoms with van der Waals surface area (Å²) in [6.45, 7) is 5.50. The summed E-state index contributed by atoms with van der Waals surface area (Å²) in [4.78, 5) is 44.3. The second kappa shape index (κ2) is 16.0. The average molecular weight is 547 g/mol. The van der Waals surface area contributed by atoms with Crippen molar-refractivity contribution in [3.63, 3.8) is 0 Å². The summed E-state index contributed by atoms with van der Waals surface area (Å²) in [6, 6.07) is 15.2. The number of carbonyl (C=O) groups excluding carboxylic acids is 1. The van der Waals surface area contributed by atoms with Gasteiger partial charge >= 0.3 is 17.9 Å². The Balaban J connectivity index is 0.000000324. The smallest absolute Gasteiger partial charge is 0.308 e. The van der Waals surface area contributed by atoms with Crippen LogP contribution in [-0.2, 0) is 19.2 Å². The molecule has 1 heterocycles. The van der Waals surface area contributed by atoms with Crippen molar-refractivity contribution in [1.29, 1.82) is 0 Å². The zero-order chi connectivity index (χ0) is 29.7. The Morgan fingerprint density at radius 3 is 1.67 bits per heavy atom. The lowest BCUT2D eigenvalue weighted by Crippen LogP contribution is -2.29. The Labute approximate surface area is 228 Å². The van der Waals surface area contributed by atoms with Crippen LogP contribution in [0.3, 0.4) is 0 Å². The van der Waals surface area contributed by atoms with Crippen LogP contribution >= 0.6 is 0 Å². The van der Waals surface area contributed by atoms with Gasteiger partial charge in [0.05, 0.1) is 38.5 Å². The van der Waals surface area contributed by atoms with Crippen molar-refractivity contribution in [1.82, 2.24) is 4.90 Å². The molecule has 2 aromatic carbocycles. The van der Waals surface area contributed by atoms with Gasteiger partial charge < -0.3 is 35.4 Å². The first-order valence-electron chi connectivity index (χ1n) is 12.3. The van der Waals surface area contributed by atoms with Gasteiger partial charge in [0.2, 0.25) is 5.91 Å². The van der Waals surface area contributed by atoms with Gasteiger partial charge in [0.1, 0.15) is 11.5 Å². The molecule has 1 saturated heterocycles. The summed E-state index contributed by atoms with van der Waals surface area (Å²) in [5.41, 5.74) is 7.77. The molecule has 1 amide bonds.